The van der Waals surface area contributed by atoms with Crippen molar-refractivity contribution in [1.29, 1.82) is 0 Å². The van der Waals surface area contributed by atoms with Crippen LogP contribution >= 0.6 is 23.2 Å². The molecule has 1 heterocycles. The molecule has 134 valence electrons. The Morgan fingerprint density at radius 3 is 2.48 bits per heavy atom. The molecule has 2 aliphatic carbocycles. The number of carbonyl (C=O) groups is 1. The molecule has 0 saturated heterocycles. The number of hydrogen-bond acceptors (Lipinski definition) is 2. The molecular formula is C20H24Cl2N2O. The van der Waals surface area contributed by atoms with E-state index in [0.717, 1.165) is 36.3 Å². The fourth-order valence-corrected chi connectivity index (χ4v) is 5.92. The number of fused-ring (bicyclic) bond motifs is 2. The van der Waals surface area contributed by atoms with Gasteiger partial charge in [0.15, 0.2) is 0 Å². The van der Waals surface area contributed by atoms with Gasteiger partial charge in [-0.1, -0.05) is 37.0 Å². The van der Waals surface area contributed by atoms with Crippen LogP contribution in [0.25, 0.3) is 0 Å². The van der Waals surface area contributed by atoms with E-state index in [4.69, 9.17) is 28.3 Å². The highest BCUT2D eigenvalue weighted by atomic mass is 35.5. The topological polar surface area (TPSA) is 32.7 Å². The second kappa shape index (κ2) is 6.28. The van der Waals surface area contributed by atoms with Crippen molar-refractivity contribution in [2.75, 3.05) is 5.01 Å². The first kappa shape index (κ1) is 17.4. The average Bonchev–Trinajstić information content (AvgIpc) is 2.88. The van der Waals surface area contributed by atoms with E-state index >= 15 is 0 Å². The van der Waals surface area contributed by atoms with Crippen LogP contribution in [-0.4, -0.2) is 11.6 Å². The Labute approximate surface area is 159 Å². The molecule has 2 unspecified atom stereocenters. The SMILES string of the molecule is CC1CC2CC(C1)CC(C)(C1=NN(c3ccc(Cl)cc3Cl)C(=O)C1)C2. The van der Waals surface area contributed by atoms with Crippen molar-refractivity contribution in [1.82, 2.24) is 0 Å². The fourth-order valence-electron chi connectivity index (χ4n) is 5.43. The summed E-state index contributed by atoms with van der Waals surface area (Å²) in [6.45, 7) is 4.68. The van der Waals surface area contributed by atoms with Crippen molar-refractivity contribution in [3.05, 3.63) is 28.2 Å². The number of benzene rings is 1. The molecule has 2 atom stereocenters. The molecule has 25 heavy (non-hydrogen) atoms. The van der Waals surface area contributed by atoms with E-state index < -0.39 is 0 Å². The van der Waals surface area contributed by atoms with E-state index in [9.17, 15) is 4.79 Å². The Kier molecular flexibility index (Phi) is 4.36. The molecule has 2 bridgehead atoms. The zero-order valence-corrected chi connectivity index (χ0v) is 16.3. The molecule has 3 aliphatic rings. The van der Waals surface area contributed by atoms with Gasteiger partial charge in [-0.25, -0.2) is 0 Å². The summed E-state index contributed by atoms with van der Waals surface area (Å²) in [4.78, 5) is 12.6. The zero-order chi connectivity index (χ0) is 17.8. The highest BCUT2D eigenvalue weighted by molar-refractivity contribution is 6.37. The Hall–Kier alpha value is -1.06. The van der Waals surface area contributed by atoms with E-state index in [2.05, 4.69) is 13.8 Å². The summed E-state index contributed by atoms with van der Waals surface area (Å²) in [6.07, 6.45) is 6.71. The molecule has 1 aliphatic heterocycles. The lowest BCUT2D eigenvalue weighted by Gasteiger charge is -2.47. The van der Waals surface area contributed by atoms with Crippen LogP contribution in [0.15, 0.2) is 23.3 Å². The van der Waals surface area contributed by atoms with Crippen molar-refractivity contribution in [3.8, 4) is 0 Å². The van der Waals surface area contributed by atoms with Crippen LogP contribution in [-0.2, 0) is 4.79 Å². The van der Waals surface area contributed by atoms with E-state index in [0.29, 0.717) is 22.2 Å². The first-order chi connectivity index (χ1) is 11.8. The third-order valence-electron chi connectivity index (χ3n) is 6.23. The third-order valence-corrected chi connectivity index (χ3v) is 6.76. The number of hydrogen-bond donors (Lipinski definition) is 0. The zero-order valence-electron chi connectivity index (χ0n) is 14.8. The Morgan fingerprint density at radius 2 is 1.84 bits per heavy atom. The maximum absolute atomic E-state index is 12.6. The van der Waals surface area contributed by atoms with Crippen LogP contribution < -0.4 is 5.01 Å². The number of rotatable bonds is 2. The van der Waals surface area contributed by atoms with Gasteiger partial charge in [-0.15, -0.1) is 0 Å². The number of halogens is 2. The summed E-state index contributed by atoms with van der Waals surface area (Å²) in [5.41, 5.74) is 1.70. The number of nitrogens with zero attached hydrogens (tertiary/aromatic N) is 2. The van der Waals surface area contributed by atoms with Crippen LogP contribution in [0, 0.1) is 23.2 Å². The van der Waals surface area contributed by atoms with Gasteiger partial charge in [0.05, 0.1) is 22.8 Å². The molecule has 0 radical (unpaired) electrons. The maximum atomic E-state index is 12.6. The third kappa shape index (κ3) is 3.21. The smallest absolute Gasteiger partial charge is 0.253 e. The van der Waals surface area contributed by atoms with Gasteiger partial charge < -0.3 is 0 Å². The van der Waals surface area contributed by atoms with Gasteiger partial charge in [0, 0.05) is 10.4 Å². The predicted molar refractivity (Wildman–Crippen MR) is 103 cm³/mol. The molecular weight excluding hydrogens is 355 g/mol. The lowest BCUT2D eigenvalue weighted by Crippen LogP contribution is -2.40. The molecule has 1 amide bonds. The van der Waals surface area contributed by atoms with Crippen molar-refractivity contribution in [3.63, 3.8) is 0 Å². The lowest BCUT2D eigenvalue weighted by molar-refractivity contribution is -0.117. The number of amides is 1. The standard InChI is InChI=1S/C20H24Cl2N2O/c1-12-5-13-7-14(6-12)11-20(2,10-13)18-9-19(25)24(23-18)17-4-3-15(21)8-16(17)22/h3-4,8,12-14H,5-7,9-11H2,1-2H3. The number of carbonyl (C=O) groups excluding carboxylic acids is 1. The Bertz CT molecular complexity index is 727. The molecule has 0 aromatic heterocycles. The lowest BCUT2D eigenvalue weighted by atomic mass is 9.58. The van der Waals surface area contributed by atoms with E-state index in [-0.39, 0.29) is 11.3 Å². The first-order valence-corrected chi connectivity index (χ1v) is 9.95. The average molecular weight is 379 g/mol. The van der Waals surface area contributed by atoms with Gasteiger partial charge in [0.2, 0.25) is 0 Å². The number of hydrazone groups is 1. The monoisotopic (exact) mass is 378 g/mol. The molecule has 2 saturated carbocycles. The van der Waals surface area contributed by atoms with Crippen molar-refractivity contribution in [2.24, 2.45) is 28.3 Å². The van der Waals surface area contributed by atoms with Crippen LogP contribution in [0.4, 0.5) is 5.69 Å². The second-order valence-electron chi connectivity index (χ2n) is 8.54. The molecule has 4 rings (SSSR count). The molecule has 0 N–H and O–H groups in total. The van der Waals surface area contributed by atoms with E-state index in [1.54, 1.807) is 18.2 Å². The quantitative estimate of drug-likeness (QED) is 0.626. The minimum atomic E-state index is 0.00421. The largest absolute Gasteiger partial charge is 0.272 e. The maximum Gasteiger partial charge on any atom is 0.253 e. The molecule has 5 heteroatoms. The van der Waals surface area contributed by atoms with E-state index in [1.807, 2.05) is 0 Å². The minimum absolute atomic E-state index is 0.00421. The molecule has 1 aromatic carbocycles. The fraction of sp³-hybridized carbons (Fsp3) is 0.600. The molecule has 1 aromatic rings. The van der Waals surface area contributed by atoms with Gasteiger partial charge in [0.1, 0.15) is 0 Å². The Balaban J connectivity index is 1.62. The van der Waals surface area contributed by atoms with Gasteiger partial charge >= 0.3 is 0 Å². The minimum Gasteiger partial charge on any atom is -0.272 e. The van der Waals surface area contributed by atoms with E-state index in [1.165, 1.54) is 24.3 Å². The molecule has 2 fully saturated rings. The summed E-state index contributed by atoms with van der Waals surface area (Å²) in [7, 11) is 0. The first-order valence-electron chi connectivity index (χ1n) is 9.20. The summed E-state index contributed by atoms with van der Waals surface area (Å²) in [5.74, 6) is 2.39. The second-order valence-corrected chi connectivity index (χ2v) is 9.38. The highest BCUT2D eigenvalue weighted by Crippen LogP contribution is 2.52. The molecule has 3 nitrogen and oxygen atoms in total. The van der Waals surface area contributed by atoms with Crippen LogP contribution in [0.1, 0.15) is 52.4 Å². The van der Waals surface area contributed by atoms with Crippen LogP contribution in [0.5, 0.6) is 0 Å². The van der Waals surface area contributed by atoms with Crippen molar-refractivity contribution >= 4 is 40.5 Å². The van der Waals surface area contributed by atoms with Crippen LogP contribution in [0.2, 0.25) is 10.0 Å². The van der Waals surface area contributed by atoms with Crippen LogP contribution in [0.3, 0.4) is 0 Å². The highest BCUT2D eigenvalue weighted by Gasteiger charge is 2.46. The normalized spacial score (nSPS) is 35.0. The van der Waals surface area contributed by atoms with Crippen molar-refractivity contribution < 1.29 is 4.79 Å². The summed E-state index contributed by atoms with van der Waals surface area (Å²) >= 11 is 12.3. The van der Waals surface area contributed by atoms with Gasteiger partial charge in [-0.2, -0.15) is 10.1 Å². The van der Waals surface area contributed by atoms with Gasteiger partial charge in [-0.3, -0.25) is 4.79 Å². The predicted octanol–water partition coefficient (Wildman–Crippen LogP) is 5.94. The number of anilines is 1. The summed E-state index contributed by atoms with van der Waals surface area (Å²) < 4.78 is 0. The van der Waals surface area contributed by atoms with Gasteiger partial charge in [0.25, 0.3) is 5.91 Å². The summed E-state index contributed by atoms with van der Waals surface area (Å²) in [6, 6.07) is 5.18. The summed E-state index contributed by atoms with van der Waals surface area (Å²) in [5, 5.41) is 7.25. The molecule has 0 spiro atoms. The van der Waals surface area contributed by atoms with Gasteiger partial charge in [-0.05, 0) is 68.1 Å². The van der Waals surface area contributed by atoms with Crippen molar-refractivity contribution in [2.45, 2.75) is 52.4 Å². The Morgan fingerprint density at radius 1 is 1.16 bits per heavy atom.